The molecule has 0 radical (unpaired) electrons. The van der Waals surface area contributed by atoms with E-state index >= 15 is 0 Å². The molecule has 1 amide bonds. The number of esters is 1. The smallest absolute Gasteiger partial charge is 0.338 e. The molecule has 0 fully saturated rings. The predicted octanol–water partition coefficient (Wildman–Crippen LogP) is 5.25. The van der Waals surface area contributed by atoms with Gasteiger partial charge in [0.15, 0.2) is 0 Å². The number of nitrogens with one attached hydrogen (secondary N) is 1. The number of carbonyl (C=O) groups excluding carboxylic acids is 2. The molecule has 0 aliphatic heterocycles. The van der Waals surface area contributed by atoms with E-state index in [1.54, 1.807) is 58.9 Å². The van der Waals surface area contributed by atoms with Gasteiger partial charge in [0, 0.05) is 21.7 Å². The quantitative estimate of drug-likeness (QED) is 0.404. The summed E-state index contributed by atoms with van der Waals surface area (Å²) in [6.07, 6.45) is 0.778. The number of benzene rings is 2. The van der Waals surface area contributed by atoms with Crippen molar-refractivity contribution in [2.45, 2.75) is 24.0 Å². The molecule has 0 bridgehead atoms. The van der Waals surface area contributed by atoms with Gasteiger partial charge in [-0.3, -0.25) is 4.79 Å². The molecule has 0 aliphatic rings. The van der Waals surface area contributed by atoms with Gasteiger partial charge in [-0.05, 0) is 42.8 Å². The molecule has 144 valence electrons. The normalized spacial score (nSPS) is 10.5. The van der Waals surface area contributed by atoms with Gasteiger partial charge in [-0.25, -0.2) is 9.78 Å². The Morgan fingerprint density at radius 3 is 2.64 bits per heavy atom. The maximum atomic E-state index is 12.7. The van der Waals surface area contributed by atoms with Crippen LogP contribution in [0.15, 0.2) is 64.3 Å². The first-order valence-corrected chi connectivity index (χ1v) is 10.8. The number of thioether (sulfide) groups is 1. The number of nitrogens with zero attached hydrogens (tertiary/aromatic N) is 1. The Bertz CT molecular complexity index is 925. The lowest BCUT2D eigenvalue weighted by Gasteiger charge is -2.10. The van der Waals surface area contributed by atoms with Crippen LogP contribution >= 0.6 is 23.1 Å². The van der Waals surface area contributed by atoms with Gasteiger partial charge in [0.05, 0.1) is 28.9 Å². The molecule has 1 heterocycles. The SMILES string of the molecule is CCCOC(=O)c1ccc(NC(=O)c2ccccc2SCc2cscn2)cc1. The molecule has 0 saturated heterocycles. The number of hydrogen-bond acceptors (Lipinski definition) is 6. The maximum Gasteiger partial charge on any atom is 0.338 e. The zero-order valence-corrected chi connectivity index (χ0v) is 17.0. The second-order valence-corrected chi connectivity index (χ2v) is 7.67. The molecule has 0 spiro atoms. The van der Waals surface area contributed by atoms with Gasteiger partial charge in [0.2, 0.25) is 0 Å². The van der Waals surface area contributed by atoms with Gasteiger partial charge < -0.3 is 10.1 Å². The molecule has 0 aliphatic carbocycles. The van der Waals surface area contributed by atoms with Gasteiger partial charge in [-0.2, -0.15) is 0 Å². The van der Waals surface area contributed by atoms with Gasteiger partial charge in [-0.15, -0.1) is 23.1 Å². The van der Waals surface area contributed by atoms with E-state index in [4.69, 9.17) is 4.74 Å². The van der Waals surface area contributed by atoms with Crippen molar-refractivity contribution >= 4 is 40.7 Å². The average Bonchev–Trinajstić information content (AvgIpc) is 3.25. The number of aromatic nitrogens is 1. The largest absolute Gasteiger partial charge is 0.462 e. The van der Waals surface area contributed by atoms with Gasteiger partial charge >= 0.3 is 5.97 Å². The first-order chi connectivity index (χ1) is 13.7. The van der Waals surface area contributed by atoms with Crippen molar-refractivity contribution in [3.8, 4) is 0 Å². The summed E-state index contributed by atoms with van der Waals surface area (Å²) in [6, 6.07) is 14.2. The number of carbonyl (C=O) groups is 2. The van der Waals surface area contributed by atoms with E-state index in [1.807, 2.05) is 30.5 Å². The molecule has 0 unspecified atom stereocenters. The van der Waals surface area contributed by atoms with E-state index in [0.29, 0.717) is 29.2 Å². The molecule has 1 N–H and O–H groups in total. The second-order valence-electron chi connectivity index (χ2n) is 5.93. The summed E-state index contributed by atoms with van der Waals surface area (Å²) in [5, 5.41) is 4.89. The summed E-state index contributed by atoms with van der Waals surface area (Å²) in [4.78, 5) is 29.8. The average molecular weight is 413 g/mol. The van der Waals surface area contributed by atoms with Crippen LogP contribution in [-0.4, -0.2) is 23.5 Å². The highest BCUT2D eigenvalue weighted by molar-refractivity contribution is 7.98. The van der Waals surface area contributed by atoms with Crippen molar-refractivity contribution in [2.24, 2.45) is 0 Å². The fraction of sp³-hybridized carbons (Fsp3) is 0.190. The minimum atomic E-state index is -0.358. The van der Waals surface area contributed by atoms with Crippen LogP contribution in [0.3, 0.4) is 0 Å². The second kappa shape index (κ2) is 10.1. The summed E-state index contributed by atoms with van der Waals surface area (Å²) in [5.74, 6) is 0.161. The first-order valence-electron chi connectivity index (χ1n) is 8.85. The fourth-order valence-electron chi connectivity index (χ4n) is 2.41. The standard InChI is InChI=1S/C21H20N2O3S2/c1-2-11-26-21(25)15-7-9-16(10-8-15)23-20(24)18-5-3-4-6-19(18)28-13-17-12-27-14-22-17/h3-10,12,14H,2,11,13H2,1H3,(H,23,24). The molecule has 3 rings (SSSR count). The number of rotatable bonds is 8. The van der Waals surface area contributed by atoms with Crippen molar-refractivity contribution in [3.05, 3.63) is 76.2 Å². The molecule has 5 nitrogen and oxygen atoms in total. The van der Waals surface area contributed by atoms with E-state index in [9.17, 15) is 9.59 Å². The zero-order valence-electron chi connectivity index (χ0n) is 15.4. The minimum absolute atomic E-state index is 0.192. The highest BCUT2D eigenvalue weighted by Gasteiger charge is 2.13. The van der Waals surface area contributed by atoms with Crippen LogP contribution in [0, 0.1) is 0 Å². The van der Waals surface area contributed by atoms with Crippen LogP contribution in [0.2, 0.25) is 0 Å². The van der Waals surface area contributed by atoms with E-state index in [0.717, 1.165) is 17.0 Å². The number of hydrogen-bond donors (Lipinski definition) is 1. The lowest BCUT2D eigenvalue weighted by molar-refractivity contribution is 0.0505. The van der Waals surface area contributed by atoms with E-state index in [1.165, 1.54) is 0 Å². The van der Waals surface area contributed by atoms with Crippen molar-refractivity contribution in [2.75, 3.05) is 11.9 Å². The molecule has 28 heavy (non-hydrogen) atoms. The van der Waals surface area contributed by atoms with Crippen molar-refractivity contribution < 1.29 is 14.3 Å². The van der Waals surface area contributed by atoms with E-state index < -0.39 is 0 Å². The van der Waals surface area contributed by atoms with Crippen LogP contribution in [0.1, 0.15) is 39.8 Å². The molecule has 7 heteroatoms. The van der Waals surface area contributed by atoms with Crippen LogP contribution in [0.25, 0.3) is 0 Å². The summed E-state index contributed by atoms with van der Waals surface area (Å²) in [6.45, 7) is 2.34. The molecule has 3 aromatic rings. The Labute approximate surface area is 172 Å². The third-order valence-corrected chi connectivity index (χ3v) is 5.55. The molecular formula is C21H20N2O3S2. The van der Waals surface area contributed by atoms with Crippen molar-refractivity contribution in [1.82, 2.24) is 4.98 Å². The Balaban J connectivity index is 1.65. The fourth-order valence-corrected chi connectivity index (χ4v) is 4.02. The Kier molecular flexibility index (Phi) is 7.22. The van der Waals surface area contributed by atoms with E-state index in [-0.39, 0.29) is 11.9 Å². The van der Waals surface area contributed by atoms with Crippen LogP contribution in [0.4, 0.5) is 5.69 Å². The summed E-state index contributed by atoms with van der Waals surface area (Å²) in [7, 11) is 0. The Hall–Kier alpha value is -2.64. The van der Waals surface area contributed by atoms with Gasteiger partial charge in [0.25, 0.3) is 5.91 Å². The lowest BCUT2D eigenvalue weighted by atomic mass is 10.2. The molecule has 0 atom stereocenters. The lowest BCUT2D eigenvalue weighted by Crippen LogP contribution is -2.13. The molecule has 1 aromatic heterocycles. The summed E-state index contributed by atoms with van der Waals surface area (Å²) in [5.41, 5.74) is 4.49. The maximum absolute atomic E-state index is 12.7. The zero-order chi connectivity index (χ0) is 19.8. The minimum Gasteiger partial charge on any atom is -0.462 e. The van der Waals surface area contributed by atoms with Crippen molar-refractivity contribution in [1.29, 1.82) is 0 Å². The van der Waals surface area contributed by atoms with Gasteiger partial charge in [0.1, 0.15) is 0 Å². The summed E-state index contributed by atoms with van der Waals surface area (Å²) < 4.78 is 5.11. The highest BCUT2D eigenvalue weighted by atomic mass is 32.2. The van der Waals surface area contributed by atoms with Gasteiger partial charge in [-0.1, -0.05) is 19.1 Å². The molecule has 2 aromatic carbocycles. The number of amides is 1. The topological polar surface area (TPSA) is 68.3 Å². The Morgan fingerprint density at radius 1 is 1.14 bits per heavy atom. The highest BCUT2D eigenvalue weighted by Crippen LogP contribution is 2.27. The number of ether oxygens (including phenoxy) is 1. The molecular weight excluding hydrogens is 392 g/mol. The monoisotopic (exact) mass is 412 g/mol. The number of thiazole rings is 1. The van der Waals surface area contributed by atoms with Crippen LogP contribution in [0.5, 0.6) is 0 Å². The Morgan fingerprint density at radius 2 is 1.93 bits per heavy atom. The predicted molar refractivity (Wildman–Crippen MR) is 113 cm³/mol. The van der Waals surface area contributed by atoms with Crippen LogP contribution in [-0.2, 0) is 10.5 Å². The molecule has 0 saturated carbocycles. The summed E-state index contributed by atoms with van der Waals surface area (Å²) >= 11 is 3.14. The first kappa shape index (κ1) is 20.1. The van der Waals surface area contributed by atoms with E-state index in [2.05, 4.69) is 10.3 Å². The third-order valence-electron chi connectivity index (χ3n) is 3.81. The van der Waals surface area contributed by atoms with Crippen molar-refractivity contribution in [3.63, 3.8) is 0 Å². The van der Waals surface area contributed by atoms with Crippen LogP contribution < -0.4 is 5.32 Å². The number of anilines is 1. The third kappa shape index (κ3) is 5.43.